The Morgan fingerprint density at radius 1 is 0.963 bits per heavy atom. The van der Waals surface area contributed by atoms with Gasteiger partial charge in [-0.1, -0.05) is 18.2 Å². The predicted molar refractivity (Wildman–Crippen MR) is 101 cm³/mol. The first kappa shape index (κ1) is 16.8. The molecule has 0 atom stereocenters. The molecule has 1 N–H and O–H groups in total. The molecule has 2 heterocycles. The summed E-state index contributed by atoms with van der Waals surface area (Å²) >= 11 is 1.35. The van der Waals surface area contributed by atoms with E-state index in [1.165, 1.54) is 11.3 Å². The topological polar surface area (TPSA) is 90.7 Å². The summed E-state index contributed by atoms with van der Waals surface area (Å²) in [5, 5.41) is 5.13. The number of aromatic nitrogens is 1. The Labute approximate surface area is 156 Å². The van der Waals surface area contributed by atoms with Crippen molar-refractivity contribution in [3.05, 3.63) is 76.5 Å². The number of para-hydroxylation sites is 1. The maximum absolute atomic E-state index is 11.9. The molecule has 0 saturated heterocycles. The van der Waals surface area contributed by atoms with Crippen LogP contribution in [0.5, 0.6) is 11.5 Å². The van der Waals surface area contributed by atoms with Crippen molar-refractivity contribution in [3.8, 4) is 11.5 Å². The second-order valence-electron chi connectivity index (χ2n) is 5.36. The maximum Gasteiger partial charge on any atom is 0.519 e. The number of rotatable bonds is 4. The van der Waals surface area contributed by atoms with Crippen LogP contribution >= 0.6 is 11.3 Å². The van der Waals surface area contributed by atoms with Gasteiger partial charge in [0.15, 0.2) is 0 Å². The smallest absolute Gasteiger partial charge is 0.395 e. The van der Waals surface area contributed by atoms with Gasteiger partial charge in [-0.15, -0.1) is 11.3 Å². The van der Waals surface area contributed by atoms with Gasteiger partial charge in [0.05, 0.1) is 5.39 Å². The van der Waals surface area contributed by atoms with Gasteiger partial charge in [-0.05, 0) is 47.8 Å². The number of carbonyl (C=O) groups excluding carboxylic acids is 1. The lowest BCUT2D eigenvalue weighted by molar-refractivity contribution is 0.152. The van der Waals surface area contributed by atoms with Crippen molar-refractivity contribution < 1.29 is 18.7 Å². The number of hydrogen-bond acceptors (Lipinski definition) is 8. The predicted octanol–water partition coefficient (Wildman–Crippen LogP) is 4.57. The zero-order valence-electron chi connectivity index (χ0n) is 13.7. The minimum atomic E-state index is -0.835. The molecular weight excluding hydrogens is 368 g/mol. The second-order valence-corrected chi connectivity index (χ2v) is 6.26. The molecule has 2 aromatic heterocycles. The molecule has 0 saturated carbocycles. The van der Waals surface area contributed by atoms with Crippen molar-refractivity contribution in [3.63, 3.8) is 0 Å². The van der Waals surface area contributed by atoms with Crippen LogP contribution in [0.3, 0.4) is 0 Å². The van der Waals surface area contributed by atoms with E-state index in [0.717, 1.165) is 0 Å². The second kappa shape index (κ2) is 7.30. The molecule has 27 heavy (non-hydrogen) atoms. The van der Waals surface area contributed by atoms with Crippen molar-refractivity contribution in [2.75, 3.05) is 5.32 Å². The third kappa shape index (κ3) is 3.96. The molecule has 0 bridgehead atoms. The fraction of sp³-hybridized carbons (Fsp3) is 0. The van der Waals surface area contributed by atoms with Crippen LogP contribution in [-0.2, 0) is 0 Å². The fourth-order valence-electron chi connectivity index (χ4n) is 2.29. The zero-order chi connectivity index (χ0) is 18.6. The van der Waals surface area contributed by atoms with E-state index in [4.69, 9.17) is 13.9 Å². The van der Waals surface area contributed by atoms with Crippen LogP contribution in [0, 0.1) is 0 Å². The van der Waals surface area contributed by atoms with Crippen LogP contribution in [0.15, 0.2) is 75.3 Å². The van der Waals surface area contributed by atoms with E-state index in [0.29, 0.717) is 27.4 Å². The summed E-state index contributed by atoms with van der Waals surface area (Å²) in [5.74, 6) is 0.704. The molecule has 134 valence electrons. The molecule has 0 radical (unpaired) electrons. The fourth-order valence-corrected chi connectivity index (χ4v) is 3.03. The summed E-state index contributed by atoms with van der Waals surface area (Å²) < 4.78 is 15.3. The van der Waals surface area contributed by atoms with E-state index in [1.54, 1.807) is 60.0 Å². The Morgan fingerprint density at radius 3 is 2.41 bits per heavy atom. The summed E-state index contributed by atoms with van der Waals surface area (Å²) in [7, 11) is 0. The Morgan fingerprint density at radius 2 is 1.67 bits per heavy atom. The highest BCUT2D eigenvalue weighted by molar-refractivity contribution is 7.16. The van der Waals surface area contributed by atoms with Crippen molar-refractivity contribution in [1.29, 1.82) is 0 Å². The van der Waals surface area contributed by atoms with Gasteiger partial charge in [0, 0.05) is 5.69 Å². The Balaban J connectivity index is 1.42. The van der Waals surface area contributed by atoms with E-state index in [1.807, 2.05) is 6.07 Å². The first-order valence-electron chi connectivity index (χ1n) is 7.87. The van der Waals surface area contributed by atoms with Crippen LogP contribution in [0.25, 0.3) is 10.2 Å². The Hall–Kier alpha value is -3.65. The van der Waals surface area contributed by atoms with Gasteiger partial charge in [0.25, 0.3) is 0 Å². The normalized spacial score (nSPS) is 10.5. The van der Waals surface area contributed by atoms with Gasteiger partial charge in [-0.25, -0.2) is 9.59 Å². The molecule has 0 aliphatic rings. The lowest BCUT2D eigenvalue weighted by Gasteiger charge is -2.07. The molecule has 0 amide bonds. The van der Waals surface area contributed by atoms with Gasteiger partial charge in [0.1, 0.15) is 16.3 Å². The quantitative estimate of drug-likeness (QED) is 0.409. The Bertz CT molecular complexity index is 1140. The minimum Gasteiger partial charge on any atom is -0.395 e. The summed E-state index contributed by atoms with van der Waals surface area (Å²) in [6, 6.07) is 16.9. The molecule has 4 rings (SSSR count). The molecule has 2 aromatic carbocycles. The number of nitrogens with zero attached hydrogens (tertiary/aromatic N) is 1. The average molecular weight is 380 g/mol. The van der Waals surface area contributed by atoms with E-state index in [2.05, 4.69) is 10.3 Å². The molecular formula is C19H12N2O5S. The van der Waals surface area contributed by atoms with Crippen LogP contribution in [-0.4, -0.2) is 11.1 Å². The molecule has 0 aliphatic carbocycles. The lowest BCUT2D eigenvalue weighted by Crippen LogP contribution is -2.13. The van der Waals surface area contributed by atoms with Crippen molar-refractivity contribution in [2.24, 2.45) is 0 Å². The molecule has 4 aromatic rings. The van der Waals surface area contributed by atoms with Crippen molar-refractivity contribution in [2.45, 2.75) is 0 Å². The number of carbonyl (C=O) groups is 1. The summed E-state index contributed by atoms with van der Waals surface area (Å²) in [6.07, 6.45) is -0.835. The Kier molecular flexibility index (Phi) is 4.54. The summed E-state index contributed by atoms with van der Waals surface area (Å²) in [4.78, 5) is 28.5. The number of nitrogens with one attached hydrogen (secondary N) is 1. The molecule has 0 spiro atoms. The van der Waals surface area contributed by atoms with Gasteiger partial charge in [0.2, 0.25) is 0 Å². The maximum atomic E-state index is 11.9. The molecule has 7 nitrogen and oxygen atoms in total. The monoisotopic (exact) mass is 380 g/mol. The highest BCUT2D eigenvalue weighted by atomic mass is 32.1. The average Bonchev–Trinajstić information content (AvgIpc) is 3.13. The third-order valence-corrected chi connectivity index (χ3v) is 4.31. The highest BCUT2D eigenvalue weighted by Crippen LogP contribution is 2.22. The first-order chi connectivity index (χ1) is 13.2. The van der Waals surface area contributed by atoms with Crippen LogP contribution in [0.2, 0.25) is 0 Å². The van der Waals surface area contributed by atoms with Gasteiger partial charge in [-0.3, -0.25) is 0 Å². The van der Waals surface area contributed by atoms with Gasteiger partial charge < -0.3 is 19.2 Å². The number of anilines is 2. The van der Waals surface area contributed by atoms with Gasteiger partial charge in [-0.2, -0.15) is 4.98 Å². The summed E-state index contributed by atoms with van der Waals surface area (Å²) in [5.41, 5.74) is 0.165. The SMILES string of the molecule is O=C(Oc1ccccc1)Oc1ccc(Nc2nc3sccc3c(=O)o2)cc1. The summed E-state index contributed by atoms with van der Waals surface area (Å²) in [6.45, 7) is 0. The van der Waals surface area contributed by atoms with Crippen molar-refractivity contribution >= 4 is 39.4 Å². The molecule has 0 aliphatic heterocycles. The van der Waals surface area contributed by atoms with Crippen LogP contribution < -0.4 is 20.4 Å². The largest absolute Gasteiger partial charge is 0.519 e. The first-order valence-corrected chi connectivity index (χ1v) is 8.75. The van der Waals surface area contributed by atoms with Crippen LogP contribution in [0.4, 0.5) is 16.5 Å². The standard InChI is InChI=1S/C19H12N2O5S/c22-17-15-10-11-27-16(15)21-18(26-17)20-12-6-8-14(9-7-12)25-19(23)24-13-4-2-1-3-5-13/h1-11H,(H,20,21). The highest BCUT2D eigenvalue weighted by Gasteiger charge is 2.09. The van der Waals surface area contributed by atoms with E-state index < -0.39 is 11.8 Å². The number of hydrogen-bond donors (Lipinski definition) is 1. The van der Waals surface area contributed by atoms with Gasteiger partial charge >= 0.3 is 17.8 Å². The number of thiophene rings is 1. The minimum absolute atomic E-state index is 0.0899. The van der Waals surface area contributed by atoms with Crippen molar-refractivity contribution in [1.82, 2.24) is 4.98 Å². The lowest BCUT2D eigenvalue weighted by atomic mass is 10.3. The molecule has 0 unspecified atom stereocenters. The zero-order valence-corrected chi connectivity index (χ0v) is 14.6. The van der Waals surface area contributed by atoms with Crippen LogP contribution in [0.1, 0.15) is 0 Å². The number of ether oxygens (including phenoxy) is 2. The number of fused-ring (bicyclic) bond motifs is 1. The third-order valence-electron chi connectivity index (χ3n) is 3.51. The molecule has 0 fully saturated rings. The van der Waals surface area contributed by atoms with E-state index in [-0.39, 0.29) is 6.01 Å². The number of benzene rings is 2. The molecule has 8 heteroatoms. The van der Waals surface area contributed by atoms with E-state index >= 15 is 0 Å². The van der Waals surface area contributed by atoms with E-state index in [9.17, 15) is 9.59 Å².